The van der Waals surface area contributed by atoms with Crippen LogP contribution in [0.4, 0.5) is 22.7 Å². The molecule has 172 valence electrons. The molecule has 6 nitrogen and oxygen atoms in total. The summed E-state index contributed by atoms with van der Waals surface area (Å²) < 4.78 is 0. The zero-order valence-corrected chi connectivity index (χ0v) is 19.7. The minimum Gasteiger partial charge on any atom is -0.381 e. The first kappa shape index (κ1) is 23.9. The Hall–Kier alpha value is -3.80. The van der Waals surface area contributed by atoms with Crippen molar-refractivity contribution in [1.29, 1.82) is 0 Å². The van der Waals surface area contributed by atoms with Gasteiger partial charge < -0.3 is 21.3 Å². The predicted molar refractivity (Wildman–Crippen MR) is 136 cm³/mol. The largest absolute Gasteiger partial charge is 0.381 e. The van der Waals surface area contributed by atoms with E-state index >= 15 is 0 Å². The maximum atomic E-state index is 12.1. The number of nitrogens with one attached hydrogen (secondary N) is 4. The highest BCUT2D eigenvalue weighted by Crippen LogP contribution is 2.20. The third kappa shape index (κ3) is 7.68. The summed E-state index contributed by atoms with van der Waals surface area (Å²) in [6.07, 6.45) is 0. The Kier molecular flexibility index (Phi) is 7.72. The lowest BCUT2D eigenvalue weighted by Gasteiger charge is -2.17. The Morgan fingerprint density at radius 1 is 0.606 bits per heavy atom. The quantitative estimate of drug-likeness (QED) is 0.351. The van der Waals surface area contributed by atoms with Crippen LogP contribution in [0.15, 0.2) is 72.8 Å². The Morgan fingerprint density at radius 3 is 1.33 bits per heavy atom. The summed E-state index contributed by atoms with van der Waals surface area (Å²) in [5.41, 5.74) is 5.52. The summed E-state index contributed by atoms with van der Waals surface area (Å²) in [5.74, 6) is -0.0771. The van der Waals surface area contributed by atoms with Crippen LogP contribution >= 0.6 is 0 Å². The molecule has 0 aromatic heterocycles. The number of carbonyl (C=O) groups excluding carboxylic acids is 2. The van der Waals surface area contributed by atoms with E-state index in [2.05, 4.69) is 45.5 Å². The Bertz CT molecular complexity index is 1070. The molecule has 33 heavy (non-hydrogen) atoms. The number of benzene rings is 3. The first-order valence-electron chi connectivity index (χ1n) is 11.0. The molecule has 0 saturated heterocycles. The fourth-order valence-corrected chi connectivity index (χ4v) is 3.05. The molecule has 3 aromatic carbocycles. The van der Waals surface area contributed by atoms with Gasteiger partial charge in [-0.3, -0.25) is 9.59 Å². The van der Waals surface area contributed by atoms with Crippen molar-refractivity contribution in [3.8, 4) is 0 Å². The van der Waals surface area contributed by atoms with Crippen LogP contribution in [-0.4, -0.2) is 11.8 Å². The molecule has 0 atom stereocenters. The lowest BCUT2D eigenvalue weighted by Crippen LogP contribution is -2.27. The maximum Gasteiger partial charge on any atom is 0.229 e. The Balaban J connectivity index is 1.46. The van der Waals surface area contributed by atoms with Gasteiger partial charge in [0.1, 0.15) is 0 Å². The van der Waals surface area contributed by atoms with E-state index in [1.54, 1.807) is 0 Å². The van der Waals surface area contributed by atoms with Gasteiger partial charge in [0.15, 0.2) is 0 Å². The molecule has 3 rings (SSSR count). The van der Waals surface area contributed by atoms with Gasteiger partial charge in [-0.1, -0.05) is 45.0 Å². The number of amides is 2. The monoisotopic (exact) mass is 444 g/mol. The van der Waals surface area contributed by atoms with Crippen molar-refractivity contribution in [2.75, 3.05) is 21.3 Å². The molecule has 0 unspecified atom stereocenters. The minimum atomic E-state index is -0.420. The van der Waals surface area contributed by atoms with Gasteiger partial charge in [-0.15, -0.1) is 0 Å². The lowest BCUT2D eigenvalue weighted by atomic mass is 9.95. The summed E-state index contributed by atoms with van der Waals surface area (Å²) in [5, 5.41) is 12.5. The second-order valence-corrected chi connectivity index (χ2v) is 9.06. The molecule has 0 aliphatic heterocycles. The van der Waals surface area contributed by atoms with E-state index in [1.807, 2.05) is 69.3 Å². The van der Waals surface area contributed by atoms with E-state index < -0.39 is 5.41 Å². The van der Waals surface area contributed by atoms with Crippen LogP contribution in [0.1, 0.15) is 38.8 Å². The zero-order chi connectivity index (χ0) is 23.8. The van der Waals surface area contributed by atoms with Crippen LogP contribution in [0.3, 0.4) is 0 Å². The molecule has 0 aliphatic carbocycles. The summed E-state index contributed by atoms with van der Waals surface area (Å²) in [6, 6.07) is 23.8. The number of anilines is 4. The van der Waals surface area contributed by atoms with E-state index in [4.69, 9.17) is 0 Å². The highest BCUT2D eigenvalue weighted by Gasteiger charge is 2.20. The summed E-state index contributed by atoms with van der Waals surface area (Å²) in [6.45, 7) is 8.61. The van der Waals surface area contributed by atoms with Gasteiger partial charge >= 0.3 is 0 Å². The molecule has 0 aliphatic rings. The molecule has 0 saturated carbocycles. The topological polar surface area (TPSA) is 82.3 Å². The van der Waals surface area contributed by atoms with E-state index in [0.717, 1.165) is 29.3 Å². The van der Waals surface area contributed by atoms with Crippen LogP contribution in [0, 0.1) is 5.41 Å². The van der Waals surface area contributed by atoms with Crippen LogP contribution in [-0.2, 0) is 22.7 Å². The van der Waals surface area contributed by atoms with Crippen molar-refractivity contribution in [3.05, 3.63) is 83.9 Å². The van der Waals surface area contributed by atoms with Crippen LogP contribution in [0.25, 0.3) is 0 Å². The molecule has 0 spiro atoms. The number of hydrogen-bond acceptors (Lipinski definition) is 4. The van der Waals surface area contributed by atoms with Crippen LogP contribution in [0.5, 0.6) is 0 Å². The molecule has 6 heteroatoms. The van der Waals surface area contributed by atoms with Gasteiger partial charge in [0.05, 0.1) is 0 Å². The molecular weight excluding hydrogens is 412 g/mol. The molecule has 4 N–H and O–H groups in total. The van der Waals surface area contributed by atoms with E-state index in [0.29, 0.717) is 6.54 Å². The van der Waals surface area contributed by atoms with E-state index in [-0.39, 0.29) is 11.8 Å². The van der Waals surface area contributed by atoms with Crippen molar-refractivity contribution in [2.24, 2.45) is 5.41 Å². The number of rotatable bonds is 8. The van der Waals surface area contributed by atoms with Gasteiger partial charge in [0.25, 0.3) is 0 Å². The van der Waals surface area contributed by atoms with E-state index in [1.165, 1.54) is 18.1 Å². The first-order valence-corrected chi connectivity index (χ1v) is 11.0. The summed E-state index contributed by atoms with van der Waals surface area (Å²) >= 11 is 0. The standard InChI is InChI=1S/C27H32N4O2/c1-19(32)30-24-13-9-22(10-14-24)28-17-20-5-7-21(8-6-20)18-29-23-11-15-25(16-12-23)31-26(33)27(2,3)4/h5-16,28-29H,17-18H2,1-4H3,(H,30,32)(H,31,33). The SMILES string of the molecule is CC(=O)Nc1ccc(NCc2ccc(CNc3ccc(NC(=O)C(C)(C)C)cc3)cc2)cc1. The molecule has 0 fully saturated rings. The van der Waals surface area contributed by atoms with Gasteiger partial charge in [-0.05, 0) is 59.7 Å². The Labute approximate surface area is 195 Å². The molecule has 0 bridgehead atoms. The van der Waals surface area contributed by atoms with Crippen molar-refractivity contribution < 1.29 is 9.59 Å². The highest BCUT2D eigenvalue weighted by atomic mass is 16.2. The fraction of sp³-hybridized carbons (Fsp3) is 0.259. The van der Waals surface area contributed by atoms with Crippen LogP contribution < -0.4 is 21.3 Å². The van der Waals surface area contributed by atoms with Crippen LogP contribution in [0.2, 0.25) is 0 Å². The van der Waals surface area contributed by atoms with Gasteiger partial charge in [-0.2, -0.15) is 0 Å². The van der Waals surface area contributed by atoms with Gasteiger partial charge in [-0.25, -0.2) is 0 Å². The molecule has 3 aromatic rings. The molecule has 0 radical (unpaired) electrons. The third-order valence-corrected chi connectivity index (χ3v) is 5.05. The van der Waals surface area contributed by atoms with Gasteiger partial charge in [0, 0.05) is 48.2 Å². The van der Waals surface area contributed by atoms with Crippen molar-refractivity contribution in [3.63, 3.8) is 0 Å². The summed E-state index contributed by atoms with van der Waals surface area (Å²) in [7, 11) is 0. The predicted octanol–water partition coefficient (Wildman–Crippen LogP) is 5.85. The smallest absolute Gasteiger partial charge is 0.229 e. The Morgan fingerprint density at radius 2 is 0.970 bits per heavy atom. The second-order valence-electron chi connectivity index (χ2n) is 9.06. The third-order valence-electron chi connectivity index (χ3n) is 5.05. The van der Waals surface area contributed by atoms with Crippen molar-refractivity contribution in [2.45, 2.75) is 40.8 Å². The van der Waals surface area contributed by atoms with Crippen molar-refractivity contribution in [1.82, 2.24) is 0 Å². The molecule has 2 amide bonds. The average Bonchev–Trinajstić information content (AvgIpc) is 2.78. The van der Waals surface area contributed by atoms with E-state index in [9.17, 15) is 9.59 Å². The lowest BCUT2D eigenvalue weighted by molar-refractivity contribution is -0.123. The summed E-state index contributed by atoms with van der Waals surface area (Å²) in [4.78, 5) is 23.2. The second kappa shape index (κ2) is 10.7. The first-order chi connectivity index (χ1) is 15.7. The zero-order valence-electron chi connectivity index (χ0n) is 19.7. The molecule has 0 heterocycles. The van der Waals surface area contributed by atoms with Gasteiger partial charge in [0.2, 0.25) is 11.8 Å². The minimum absolute atomic E-state index is 0.000191. The highest BCUT2D eigenvalue weighted by molar-refractivity contribution is 5.94. The normalized spacial score (nSPS) is 10.9. The number of hydrogen-bond donors (Lipinski definition) is 4. The maximum absolute atomic E-state index is 12.1. The fourth-order valence-electron chi connectivity index (χ4n) is 3.05. The molecular formula is C27H32N4O2. The average molecular weight is 445 g/mol. The number of carbonyl (C=O) groups is 2. The van der Waals surface area contributed by atoms with Crippen molar-refractivity contribution >= 4 is 34.6 Å².